The smallest absolute Gasteiger partial charge is 0.379 e. The first kappa shape index (κ1) is 22.4. The van der Waals surface area contributed by atoms with Crippen LogP contribution in [0.1, 0.15) is 25.8 Å². The third-order valence-electron chi connectivity index (χ3n) is 4.54. The van der Waals surface area contributed by atoms with Gasteiger partial charge in [-0.3, -0.25) is 4.52 Å². The summed E-state index contributed by atoms with van der Waals surface area (Å²) < 4.78 is 22.8. The van der Waals surface area contributed by atoms with Crippen molar-refractivity contribution < 1.29 is 18.4 Å². The Morgan fingerprint density at radius 2 is 1.67 bits per heavy atom. The molecule has 0 radical (unpaired) electrons. The molecule has 3 aromatic rings. The molecule has 0 aliphatic rings. The predicted molar refractivity (Wildman–Crippen MR) is 122 cm³/mol. The van der Waals surface area contributed by atoms with Crippen molar-refractivity contribution in [2.24, 2.45) is 5.92 Å². The van der Waals surface area contributed by atoms with Gasteiger partial charge in [0.15, 0.2) is 0 Å². The number of nitrogens with one attached hydrogen (secondary N) is 1. The van der Waals surface area contributed by atoms with Gasteiger partial charge in [0.1, 0.15) is 6.04 Å². The Bertz CT molecular complexity index is 1040. The highest BCUT2D eigenvalue weighted by Crippen LogP contribution is 2.54. The van der Waals surface area contributed by atoms with Crippen molar-refractivity contribution in [3.05, 3.63) is 78.4 Å². The molecule has 0 bridgehead atoms. The molecule has 0 saturated carbocycles. The third-order valence-corrected chi connectivity index (χ3v) is 5.87. The first-order valence-corrected chi connectivity index (χ1v) is 12.2. The lowest BCUT2D eigenvalue weighted by atomic mass is 10.0. The van der Waals surface area contributed by atoms with Crippen molar-refractivity contribution in [3.8, 4) is 0 Å². The van der Waals surface area contributed by atoms with E-state index < -0.39 is 19.0 Å². The summed E-state index contributed by atoms with van der Waals surface area (Å²) in [6.07, 6.45) is 0.484. The average molecular weight is 446 g/mol. The largest absolute Gasteiger partial charge is 0.479 e. The molecule has 5 nitrogen and oxygen atoms in total. The first-order chi connectivity index (χ1) is 14.3. The Hall–Kier alpha value is -2.33. The number of hydrogen-bond acceptors (Lipinski definition) is 5. The van der Waals surface area contributed by atoms with Crippen LogP contribution >= 0.6 is 18.2 Å². The average Bonchev–Trinajstić information content (AvgIpc) is 2.72. The van der Waals surface area contributed by atoms with E-state index in [-0.39, 0.29) is 12.5 Å². The van der Waals surface area contributed by atoms with Crippen molar-refractivity contribution in [1.82, 2.24) is 0 Å². The van der Waals surface area contributed by atoms with E-state index in [0.717, 1.165) is 22.0 Å². The highest BCUT2D eigenvalue weighted by molar-refractivity contribution is 7.81. The number of benzene rings is 3. The second-order valence-corrected chi connectivity index (χ2v) is 10.00. The first-order valence-electron chi connectivity index (χ1n) is 9.80. The Labute approximate surface area is 181 Å². The number of anilines is 1. The number of carbonyl (C=O) groups excluding carboxylic acids is 1. The molecule has 2 atom stereocenters. The molecule has 0 aliphatic carbocycles. The zero-order valence-electron chi connectivity index (χ0n) is 17.0. The minimum absolute atomic E-state index is 0.0134. The van der Waals surface area contributed by atoms with Crippen LogP contribution in [-0.4, -0.2) is 12.0 Å². The van der Waals surface area contributed by atoms with Crippen molar-refractivity contribution in [3.63, 3.8) is 0 Å². The van der Waals surface area contributed by atoms with Crippen LogP contribution in [-0.2, 0) is 25.0 Å². The minimum Gasteiger partial charge on any atom is -0.379 e. The molecule has 0 heterocycles. The zero-order chi connectivity index (χ0) is 21.6. The molecule has 1 unspecified atom stereocenters. The van der Waals surface area contributed by atoms with E-state index in [1.807, 2.05) is 86.6 Å². The van der Waals surface area contributed by atoms with Crippen molar-refractivity contribution >= 4 is 40.6 Å². The van der Waals surface area contributed by atoms with E-state index in [0.29, 0.717) is 6.42 Å². The van der Waals surface area contributed by atoms with E-state index >= 15 is 0 Å². The van der Waals surface area contributed by atoms with Gasteiger partial charge in [0.25, 0.3) is 0 Å². The number of rotatable bonds is 9. The van der Waals surface area contributed by atoms with Crippen LogP contribution in [0.2, 0.25) is 0 Å². The summed E-state index contributed by atoms with van der Waals surface area (Å²) in [7, 11) is 0. The van der Waals surface area contributed by atoms with Gasteiger partial charge in [-0.2, -0.15) is 0 Å². The fourth-order valence-corrected chi connectivity index (χ4v) is 4.20. The second kappa shape index (κ2) is 10.1. The summed E-state index contributed by atoms with van der Waals surface area (Å²) in [4.78, 5) is 12.8. The van der Waals surface area contributed by atoms with Crippen molar-refractivity contribution in [2.75, 3.05) is 5.32 Å². The van der Waals surface area contributed by atoms with Gasteiger partial charge in [0.05, 0.1) is 6.61 Å². The molecule has 0 aliphatic heterocycles. The maximum absolute atomic E-state index is 12.8. The SMILES string of the molecule is CC(C)C[C@H](Nc1cccc2ccccc12)C(=O)OP(=O)(Cl)OCc1ccccc1. The molecule has 0 amide bonds. The van der Waals surface area contributed by atoms with Gasteiger partial charge in [0, 0.05) is 22.3 Å². The third kappa shape index (κ3) is 6.33. The Morgan fingerprint density at radius 3 is 2.40 bits per heavy atom. The maximum Gasteiger partial charge on any atom is 0.479 e. The molecule has 7 heteroatoms. The zero-order valence-corrected chi connectivity index (χ0v) is 18.6. The molecule has 30 heavy (non-hydrogen) atoms. The molecule has 0 spiro atoms. The lowest BCUT2D eigenvalue weighted by Crippen LogP contribution is -2.32. The normalized spacial score (nSPS) is 14.3. The quantitative estimate of drug-likeness (QED) is 0.368. The Balaban J connectivity index is 1.72. The fraction of sp³-hybridized carbons (Fsp3) is 0.261. The number of fused-ring (bicyclic) bond motifs is 1. The van der Waals surface area contributed by atoms with E-state index in [1.165, 1.54) is 0 Å². The lowest BCUT2D eigenvalue weighted by Gasteiger charge is -2.22. The Morgan fingerprint density at radius 1 is 1.00 bits per heavy atom. The molecule has 3 rings (SSSR count). The van der Waals surface area contributed by atoms with Crippen molar-refractivity contribution in [2.45, 2.75) is 32.9 Å². The summed E-state index contributed by atoms with van der Waals surface area (Å²) in [5.74, 6) is -0.506. The second-order valence-electron chi connectivity index (χ2n) is 7.45. The van der Waals surface area contributed by atoms with Crippen LogP contribution < -0.4 is 5.32 Å². The predicted octanol–water partition coefficient (Wildman–Crippen LogP) is 6.77. The van der Waals surface area contributed by atoms with Gasteiger partial charge >= 0.3 is 12.9 Å². The van der Waals surface area contributed by atoms with Crippen LogP contribution in [0.15, 0.2) is 72.8 Å². The summed E-state index contributed by atoms with van der Waals surface area (Å²) in [5, 5.41) is 5.27. The standard InChI is InChI=1S/C23H25ClNO4P/c1-17(2)15-22(25-21-14-8-12-19-11-6-7-13-20(19)21)23(26)29-30(24,27)28-16-18-9-4-3-5-10-18/h3-14,17,22,25H,15-16H2,1-2H3/t22-,30?/m0/s1. The molecule has 0 saturated heterocycles. The van der Waals surface area contributed by atoms with E-state index in [2.05, 4.69) is 5.32 Å². The van der Waals surface area contributed by atoms with Crippen LogP contribution in [0.5, 0.6) is 0 Å². The molecule has 0 fully saturated rings. The van der Waals surface area contributed by atoms with Crippen LogP contribution in [0.3, 0.4) is 0 Å². The van der Waals surface area contributed by atoms with Gasteiger partial charge in [-0.1, -0.05) is 80.6 Å². The Kier molecular flexibility index (Phi) is 7.54. The van der Waals surface area contributed by atoms with Crippen LogP contribution in [0, 0.1) is 5.92 Å². The fourth-order valence-electron chi connectivity index (χ4n) is 3.15. The molecule has 3 aromatic carbocycles. The summed E-state index contributed by atoms with van der Waals surface area (Å²) in [5.41, 5.74) is 1.58. The van der Waals surface area contributed by atoms with E-state index in [1.54, 1.807) is 0 Å². The maximum atomic E-state index is 12.8. The number of carbonyl (C=O) groups is 1. The van der Waals surface area contributed by atoms with Gasteiger partial charge in [-0.15, -0.1) is 0 Å². The summed E-state index contributed by atoms with van der Waals surface area (Å²) in [6, 6.07) is 22.1. The summed E-state index contributed by atoms with van der Waals surface area (Å²) in [6.45, 7) is -0.100. The van der Waals surface area contributed by atoms with E-state index in [9.17, 15) is 9.36 Å². The van der Waals surface area contributed by atoms with Crippen molar-refractivity contribution in [1.29, 1.82) is 0 Å². The highest BCUT2D eigenvalue weighted by atomic mass is 35.7. The van der Waals surface area contributed by atoms with Gasteiger partial charge in [-0.25, -0.2) is 9.36 Å². The number of hydrogen-bond donors (Lipinski definition) is 1. The topological polar surface area (TPSA) is 64.6 Å². The molecule has 158 valence electrons. The molecular formula is C23H25ClNO4P. The van der Waals surface area contributed by atoms with E-state index in [4.69, 9.17) is 20.3 Å². The van der Waals surface area contributed by atoms with Crippen LogP contribution in [0.25, 0.3) is 10.8 Å². The number of halogens is 1. The minimum atomic E-state index is -4.08. The van der Waals surface area contributed by atoms with Gasteiger partial charge < -0.3 is 9.84 Å². The molecular weight excluding hydrogens is 421 g/mol. The van der Waals surface area contributed by atoms with Crippen LogP contribution in [0.4, 0.5) is 5.69 Å². The van der Waals surface area contributed by atoms with Gasteiger partial charge in [0.2, 0.25) is 0 Å². The monoisotopic (exact) mass is 445 g/mol. The van der Waals surface area contributed by atoms with Gasteiger partial charge in [-0.05, 0) is 29.4 Å². The molecule has 0 aromatic heterocycles. The molecule has 1 N–H and O–H groups in total. The highest BCUT2D eigenvalue weighted by Gasteiger charge is 2.31. The summed E-state index contributed by atoms with van der Waals surface area (Å²) >= 11 is 5.92. The lowest BCUT2D eigenvalue weighted by molar-refractivity contribution is -0.136.